The van der Waals surface area contributed by atoms with Crippen LogP contribution in [0.1, 0.15) is 77.6 Å². The van der Waals surface area contributed by atoms with E-state index in [1.807, 2.05) is 6.92 Å². The van der Waals surface area contributed by atoms with Crippen molar-refractivity contribution in [2.24, 2.45) is 10.8 Å². The number of nitrogens with zero attached hydrogens (tertiary/aromatic N) is 3. The zero-order valence-corrected chi connectivity index (χ0v) is 24.5. The summed E-state index contributed by atoms with van der Waals surface area (Å²) in [5.41, 5.74) is 4.06. The second-order valence-electron chi connectivity index (χ2n) is 12.2. The fourth-order valence-corrected chi connectivity index (χ4v) is 6.71. The summed E-state index contributed by atoms with van der Waals surface area (Å²) in [7, 11) is 0. The molecule has 0 radical (unpaired) electrons. The van der Waals surface area contributed by atoms with Crippen molar-refractivity contribution in [1.29, 1.82) is 0 Å². The van der Waals surface area contributed by atoms with Crippen LogP contribution in [-0.4, -0.2) is 43.5 Å². The SMILES string of the molecule is CC(NC(=O)c1cc(C(=O)NCc2ccc(F)c(CNc3c(N)c(=O)c3=O)c2)nc2ccnn12)C12CCC(C(=O)O)(CC1)CC2. The summed E-state index contributed by atoms with van der Waals surface area (Å²) < 4.78 is 15.8. The van der Waals surface area contributed by atoms with Crippen molar-refractivity contribution in [2.45, 2.75) is 64.6 Å². The largest absolute Gasteiger partial charge is 0.481 e. The number of aliphatic carboxylic acids is 1. The van der Waals surface area contributed by atoms with Crippen LogP contribution < -0.4 is 32.5 Å². The molecule has 2 bridgehead atoms. The maximum atomic E-state index is 14.4. The number of carboxylic acids is 1. The Kier molecular flexibility index (Phi) is 7.37. The van der Waals surface area contributed by atoms with Gasteiger partial charge in [0.05, 0.1) is 11.6 Å². The van der Waals surface area contributed by atoms with Crippen molar-refractivity contribution in [3.8, 4) is 0 Å². The highest BCUT2D eigenvalue weighted by atomic mass is 19.1. The van der Waals surface area contributed by atoms with Crippen molar-refractivity contribution in [2.75, 3.05) is 11.1 Å². The summed E-state index contributed by atoms with van der Waals surface area (Å²) >= 11 is 0. The van der Waals surface area contributed by atoms with E-state index >= 15 is 0 Å². The van der Waals surface area contributed by atoms with Crippen LogP contribution in [0.4, 0.5) is 15.8 Å². The van der Waals surface area contributed by atoms with E-state index in [9.17, 15) is 33.5 Å². The number of carbonyl (C=O) groups excluding carboxylic acids is 2. The topological polar surface area (TPSA) is 198 Å². The lowest BCUT2D eigenvalue weighted by Crippen LogP contribution is -2.54. The molecule has 14 heteroatoms. The monoisotopic (exact) mass is 617 g/mol. The number of nitrogens with two attached hydrogens (primary N) is 1. The lowest BCUT2D eigenvalue weighted by atomic mass is 9.52. The highest BCUT2D eigenvalue weighted by molar-refractivity contribution is 5.98. The second kappa shape index (κ2) is 11.1. The quantitative estimate of drug-likeness (QED) is 0.164. The van der Waals surface area contributed by atoms with E-state index in [-0.39, 0.29) is 52.9 Å². The molecule has 2 amide bonds. The number of carbonyl (C=O) groups is 3. The fourth-order valence-electron chi connectivity index (χ4n) is 6.71. The van der Waals surface area contributed by atoms with Gasteiger partial charge in [-0.1, -0.05) is 6.07 Å². The van der Waals surface area contributed by atoms with Gasteiger partial charge in [0.2, 0.25) is 0 Å². The van der Waals surface area contributed by atoms with Crippen LogP contribution in [0.15, 0.2) is 46.1 Å². The normalized spacial score (nSPS) is 21.5. The Morgan fingerprint density at radius 3 is 2.40 bits per heavy atom. The number of rotatable bonds is 10. The molecule has 3 aliphatic rings. The molecule has 3 aliphatic carbocycles. The molecule has 45 heavy (non-hydrogen) atoms. The molecule has 2 aromatic carbocycles. The molecule has 234 valence electrons. The van der Waals surface area contributed by atoms with Gasteiger partial charge in [0.25, 0.3) is 22.7 Å². The average molecular weight is 618 g/mol. The van der Waals surface area contributed by atoms with E-state index in [2.05, 4.69) is 26.0 Å². The summed E-state index contributed by atoms with van der Waals surface area (Å²) in [5.74, 6) is -2.28. The molecule has 1 unspecified atom stereocenters. The summed E-state index contributed by atoms with van der Waals surface area (Å²) in [5, 5.41) is 22.4. The Bertz CT molecular complexity index is 1900. The van der Waals surface area contributed by atoms with Gasteiger partial charge in [-0.25, -0.2) is 13.9 Å². The molecule has 13 nitrogen and oxygen atoms in total. The van der Waals surface area contributed by atoms with Gasteiger partial charge in [0, 0.05) is 36.8 Å². The lowest BCUT2D eigenvalue weighted by Gasteiger charge is -2.54. The van der Waals surface area contributed by atoms with E-state index in [1.54, 1.807) is 6.07 Å². The maximum absolute atomic E-state index is 14.4. The van der Waals surface area contributed by atoms with Gasteiger partial charge in [-0.3, -0.25) is 24.0 Å². The van der Waals surface area contributed by atoms with E-state index in [0.29, 0.717) is 49.7 Å². The number of aromatic nitrogens is 3. The third-order valence-corrected chi connectivity index (χ3v) is 9.81. The molecule has 2 heterocycles. The van der Waals surface area contributed by atoms with Gasteiger partial charge in [-0.2, -0.15) is 5.10 Å². The Labute approximate surface area is 255 Å². The summed E-state index contributed by atoms with van der Waals surface area (Å²) in [6.45, 7) is 1.86. The Hall–Kier alpha value is -5.14. The second-order valence-corrected chi connectivity index (χ2v) is 12.2. The molecule has 0 spiro atoms. The molecule has 6 N–H and O–H groups in total. The average Bonchev–Trinajstić information content (AvgIpc) is 3.53. The number of hydrogen-bond acceptors (Lipinski definition) is 9. The van der Waals surface area contributed by atoms with Crippen molar-refractivity contribution in [3.63, 3.8) is 0 Å². The maximum Gasteiger partial charge on any atom is 0.309 e. The molecular formula is C31H32FN7O6. The highest BCUT2D eigenvalue weighted by Gasteiger charge is 2.54. The minimum atomic E-state index is -0.779. The number of nitrogen functional groups attached to an aromatic ring is 1. The molecule has 3 fully saturated rings. The smallest absolute Gasteiger partial charge is 0.309 e. The van der Waals surface area contributed by atoms with Crippen LogP contribution in [0.2, 0.25) is 0 Å². The van der Waals surface area contributed by atoms with Crippen molar-refractivity contribution in [1.82, 2.24) is 25.2 Å². The van der Waals surface area contributed by atoms with E-state index in [1.165, 1.54) is 35.0 Å². The summed E-state index contributed by atoms with van der Waals surface area (Å²) in [4.78, 5) is 65.9. The standard InChI is InChI=1S/C31H32FN7O6/c1-16(30-5-8-31(9-6-30,10-7-30)29(44)45)37-28(43)21-13-20(38-22-4-11-36-39(21)22)27(42)35-14-17-2-3-19(32)18(12-17)15-34-24-23(33)25(40)26(24)41/h2-4,11-13,16,34H,5-10,14-15,33H2,1H3,(H,35,42)(H,37,43)(H,44,45). The number of anilines is 2. The van der Waals surface area contributed by atoms with Crippen LogP contribution in [-0.2, 0) is 17.9 Å². The number of hydrogen-bond donors (Lipinski definition) is 5. The Morgan fingerprint density at radius 1 is 1.02 bits per heavy atom. The number of amides is 2. The van der Waals surface area contributed by atoms with Crippen LogP contribution in [0.3, 0.4) is 0 Å². The lowest BCUT2D eigenvalue weighted by molar-refractivity contribution is -0.159. The van der Waals surface area contributed by atoms with Gasteiger partial charge in [-0.05, 0) is 68.6 Å². The molecule has 2 aromatic heterocycles. The predicted molar refractivity (Wildman–Crippen MR) is 161 cm³/mol. The van der Waals surface area contributed by atoms with Crippen LogP contribution in [0.5, 0.6) is 0 Å². The van der Waals surface area contributed by atoms with Gasteiger partial charge in [0.1, 0.15) is 28.6 Å². The molecule has 0 saturated heterocycles. The number of fused-ring (bicyclic) bond motifs is 4. The molecule has 0 aliphatic heterocycles. The third kappa shape index (κ3) is 5.19. The van der Waals surface area contributed by atoms with Crippen LogP contribution in [0.25, 0.3) is 5.65 Å². The number of halogens is 1. The fraction of sp³-hybridized carbons (Fsp3) is 0.387. The van der Waals surface area contributed by atoms with Crippen LogP contribution >= 0.6 is 0 Å². The van der Waals surface area contributed by atoms with Gasteiger partial charge >= 0.3 is 5.97 Å². The zero-order valence-electron chi connectivity index (χ0n) is 24.5. The van der Waals surface area contributed by atoms with E-state index < -0.39 is 39.9 Å². The Balaban J connectivity index is 1.13. The third-order valence-electron chi connectivity index (χ3n) is 9.81. The van der Waals surface area contributed by atoms with Crippen molar-refractivity contribution in [3.05, 3.63) is 85.3 Å². The molecule has 3 saturated carbocycles. The highest BCUT2D eigenvalue weighted by Crippen LogP contribution is 2.58. The summed E-state index contributed by atoms with van der Waals surface area (Å²) in [6, 6.07) is 6.94. The summed E-state index contributed by atoms with van der Waals surface area (Å²) in [6.07, 6.45) is 5.38. The van der Waals surface area contributed by atoms with E-state index in [4.69, 9.17) is 5.73 Å². The van der Waals surface area contributed by atoms with Gasteiger partial charge < -0.3 is 26.8 Å². The molecule has 4 aromatic rings. The first-order valence-corrected chi connectivity index (χ1v) is 14.7. The number of carboxylic acid groups (broad SMARTS) is 1. The Morgan fingerprint density at radius 2 is 1.73 bits per heavy atom. The first kappa shape index (κ1) is 29.9. The first-order chi connectivity index (χ1) is 21.4. The minimum Gasteiger partial charge on any atom is -0.481 e. The van der Waals surface area contributed by atoms with E-state index in [0.717, 1.165) is 0 Å². The zero-order chi connectivity index (χ0) is 32.1. The van der Waals surface area contributed by atoms with Gasteiger partial charge in [0.15, 0.2) is 5.65 Å². The van der Waals surface area contributed by atoms with Gasteiger partial charge in [-0.15, -0.1) is 0 Å². The molecule has 7 rings (SSSR count). The van der Waals surface area contributed by atoms with Crippen LogP contribution in [0, 0.1) is 16.6 Å². The molecule has 1 atom stereocenters. The number of benzene rings is 1. The van der Waals surface area contributed by atoms with Crippen molar-refractivity contribution >= 4 is 34.8 Å². The predicted octanol–water partition coefficient (Wildman–Crippen LogP) is 2.13. The number of nitrogens with one attached hydrogen (secondary N) is 3. The van der Waals surface area contributed by atoms with Crippen molar-refractivity contribution < 1.29 is 23.9 Å². The minimum absolute atomic E-state index is 0.0133. The first-order valence-electron chi connectivity index (χ1n) is 14.7. The molecular weight excluding hydrogens is 585 g/mol.